The highest BCUT2D eigenvalue weighted by Gasteiger charge is 2.07. The third-order valence-electron chi connectivity index (χ3n) is 2.72. The molecule has 0 atom stereocenters. The van der Waals surface area contributed by atoms with Crippen molar-refractivity contribution < 1.29 is 4.74 Å². The summed E-state index contributed by atoms with van der Waals surface area (Å²) < 4.78 is 6.47. The molecular formula is C15H8BrN3O. The van der Waals surface area contributed by atoms with Crippen LogP contribution in [0, 0.1) is 11.3 Å². The van der Waals surface area contributed by atoms with Gasteiger partial charge in [0.05, 0.1) is 17.3 Å². The molecule has 5 heteroatoms. The molecule has 0 bridgehead atoms. The van der Waals surface area contributed by atoms with Gasteiger partial charge in [-0.3, -0.25) is 4.98 Å². The Morgan fingerprint density at radius 1 is 1.15 bits per heavy atom. The minimum absolute atomic E-state index is 0.375. The average molecular weight is 326 g/mol. The van der Waals surface area contributed by atoms with Gasteiger partial charge in [0.25, 0.3) is 0 Å². The smallest absolute Gasteiger partial charge is 0.221 e. The van der Waals surface area contributed by atoms with E-state index in [1.807, 2.05) is 24.3 Å². The van der Waals surface area contributed by atoms with Crippen molar-refractivity contribution in [1.29, 1.82) is 5.26 Å². The van der Waals surface area contributed by atoms with Gasteiger partial charge in [-0.15, -0.1) is 0 Å². The van der Waals surface area contributed by atoms with Crippen LogP contribution in [0.15, 0.2) is 53.3 Å². The molecule has 0 amide bonds. The molecule has 0 N–H and O–H groups in total. The quantitative estimate of drug-likeness (QED) is 0.713. The number of ether oxygens (including phenoxy) is 1. The second-order valence-corrected chi connectivity index (χ2v) is 4.99. The molecule has 0 unspecified atom stereocenters. The second kappa shape index (κ2) is 5.27. The molecule has 3 aromatic rings. The van der Waals surface area contributed by atoms with Gasteiger partial charge < -0.3 is 4.74 Å². The second-order valence-electron chi connectivity index (χ2n) is 4.08. The van der Waals surface area contributed by atoms with Gasteiger partial charge in [-0.25, -0.2) is 4.98 Å². The zero-order valence-corrected chi connectivity index (χ0v) is 11.8. The average Bonchev–Trinajstić information content (AvgIpc) is 2.46. The number of benzene rings is 1. The predicted molar refractivity (Wildman–Crippen MR) is 78.5 cm³/mol. The number of para-hydroxylation sites is 1. The fourth-order valence-electron chi connectivity index (χ4n) is 1.86. The Balaban J connectivity index is 2.06. The maximum atomic E-state index is 9.22. The third kappa shape index (κ3) is 2.46. The number of aromatic nitrogens is 2. The highest BCUT2D eigenvalue weighted by atomic mass is 79.9. The van der Waals surface area contributed by atoms with Crippen molar-refractivity contribution >= 4 is 26.8 Å². The van der Waals surface area contributed by atoms with Gasteiger partial charge in [0.15, 0.2) is 0 Å². The lowest BCUT2D eigenvalue weighted by Gasteiger charge is -2.07. The molecule has 3 rings (SSSR count). The van der Waals surface area contributed by atoms with Crippen molar-refractivity contribution in [2.75, 3.05) is 0 Å². The molecule has 2 aromatic heterocycles. The summed E-state index contributed by atoms with van der Waals surface area (Å²) in [6.45, 7) is 0. The van der Waals surface area contributed by atoms with E-state index in [4.69, 9.17) is 4.74 Å². The number of hydrogen-bond acceptors (Lipinski definition) is 4. The van der Waals surface area contributed by atoms with Crippen LogP contribution < -0.4 is 4.74 Å². The normalized spacial score (nSPS) is 10.2. The van der Waals surface area contributed by atoms with Crippen LogP contribution in [-0.2, 0) is 0 Å². The minimum Gasteiger partial charge on any atom is -0.437 e. The molecule has 0 saturated carbocycles. The van der Waals surface area contributed by atoms with E-state index in [9.17, 15) is 5.26 Å². The zero-order chi connectivity index (χ0) is 13.9. The molecule has 0 aliphatic carbocycles. The molecule has 20 heavy (non-hydrogen) atoms. The number of hydrogen-bond donors (Lipinski definition) is 0. The van der Waals surface area contributed by atoms with Gasteiger partial charge in [-0.05, 0) is 28.1 Å². The van der Waals surface area contributed by atoms with Gasteiger partial charge in [-0.2, -0.15) is 5.26 Å². The fraction of sp³-hybridized carbons (Fsp3) is 0. The lowest BCUT2D eigenvalue weighted by Crippen LogP contribution is -1.92. The number of pyridine rings is 2. The summed E-state index contributed by atoms with van der Waals surface area (Å²) in [7, 11) is 0. The molecule has 0 aliphatic heterocycles. The number of fused-ring (bicyclic) bond motifs is 1. The molecule has 1 aromatic carbocycles. The standard InChI is InChI=1S/C15H8BrN3O/c16-11-6-12(9-18-8-11)20-15-5-10(7-17)13-3-1-2-4-14(13)19-15/h1-6,8-9H. The zero-order valence-electron chi connectivity index (χ0n) is 10.2. The molecule has 0 radical (unpaired) electrons. The summed E-state index contributed by atoms with van der Waals surface area (Å²) in [5, 5.41) is 10.0. The monoisotopic (exact) mass is 325 g/mol. The first-order chi connectivity index (χ1) is 9.76. The van der Waals surface area contributed by atoms with Gasteiger partial charge in [0.2, 0.25) is 5.88 Å². The number of rotatable bonds is 2. The molecule has 2 heterocycles. The first kappa shape index (κ1) is 12.6. The summed E-state index contributed by atoms with van der Waals surface area (Å²) in [6, 6.07) is 13.0. The first-order valence-corrected chi connectivity index (χ1v) is 6.64. The molecule has 0 aliphatic rings. The summed E-state index contributed by atoms with van der Waals surface area (Å²) in [6.07, 6.45) is 3.26. The van der Waals surface area contributed by atoms with E-state index in [1.54, 1.807) is 24.5 Å². The van der Waals surface area contributed by atoms with E-state index in [0.717, 1.165) is 15.4 Å². The van der Waals surface area contributed by atoms with E-state index in [2.05, 4.69) is 32.0 Å². The minimum atomic E-state index is 0.375. The van der Waals surface area contributed by atoms with Crippen molar-refractivity contribution in [3.05, 3.63) is 58.8 Å². The predicted octanol–water partition coefficient (Wildman–Crippen LogP) is 4.06. The van der Waals surface area contributed by atoms with Crippen molar-refractivity contribution in [3.63, 3.8) is 0 Å². The van der Waals surface area contributed by atoms with Crippen LogP contribution in [0.2, 0.25) is 0 Å². The van der Waals surface area contributed by atoms with Crippen LogP contribution in [-0.4, -0.2) is 9.97 Å². The summed E-state index contributed by atoms with van der Waals surface area (Å²) in [5.74, 6) is 0.936. The molecule has 96 valence electrons. The van der Waals surface area contributed by atoms with Crippen LogP contribution in [0.1, 0.15) is 5.56 Å². The Kier molecular flexibility index (Phi) is 3.32. The highest BCUT2D eigenvalue weighted by molar-refractivity contribution is 9.10. The maximum absolute atomic E-state index is 9.22. The Morgan fingerprint density at radius 2 is 2.00 bits per heavy atom. The van der Waals surface area contributed by atoms with Gasteiger partial charge in [-0.1, -0.05) is 18.2 Å². The van der Waals surface area contributed by atoms with Crippen molar-refractivity contribution in [3.8, 4) is 17.7 Å². The van der Waals surface area contributed by atoms with E-state index in [-0.39, 0.29) is 0 Å². The summed E-state index contributed by atoms with van der Waals surface area (Å²) >= 11 is 3.33. The topological polar surface area (TPSA) is 58.8 Å². The third-order valence-corrected chi connectivity index (χ3v) is 3.15. The van der Waals surface area contributed by atoms with Crippen LogP contribution in [0.5, 0.6) is 11.6 Å². The number of nitriles is 1. The molecule has 0 spiro atoms. The molecular weight excluding hydrogens is 318 g/mol. The van der Waals surface area contributed by atoms with E-state index >= 15 is 0 Å². The lowest BCUT2D eigenvalue weighted by atomic mass is 10.1. The first-order valence-electron chi connectivity index (χ1n) is 5.84. The van der Waals surface area contributed by atoms with Crippen LogP contribution in [0.3, 0.4) is 0 Å². The summed E-state index contributed by atoms with van der Waals surface area (Å²) in [5.41, 5.74) is 1.26. The van der Waals surface area contributed by atoms with Gasteiger partial charge in [0, 0.05) is 22.1 Å². The Labute approximate surface area is 123 Å². The van der Waals surface area contributed by atoms with Crippen LogP contribution >= 0.6 is 15.9 Å². The highest BCUT2D eigenvalue weighted by Crippen LogP contribution is 2.26. The van der Waals surface area contributed by atoms with Gasteiger partial charge >= 0.3 is 0 Å². The van der Waals surface area contributed by atoms with Gasteiger partial charge in [0.1, 0.15) is 11.8 Å². The van der Waals surface area contributed by atoms with E-state index < -0.39 is 0 Å². The van der Waals surface area contributed by atoms with Crippen LogP contribution in [0.4, 0.5) is 0 Å². The lowest BCUT2D eigenvalue weighted by molar-refractivity contribution is 0.462. The van der Waals surface area contributed by atoms with E-state index in [1.165, 1.54) is 0 Å². The fourth-order valence-corrected chi connectivity index (χ4v) is 2.21. The van der Waals surface area contributed by atoms with Crippen molar-refractivity contribution in [1.82, 2.24) is 9.97 Å². The number of nitrogens with zero attached hydrogens (tertiary/aromatic N) is 3. The van der Waals surface area contributed by atoms with Crippen molar-refractivity contribution in [2.24, 2.45) is 0 Å². The summed E-state index contributed by atoms with van der Waals surface area (Å²) in [4.78, 5) is 8.41. The molecule has 4 nitrogen and oxygen atoms in total. The Bertz CT molecular complexity index is 827. The largest absolute Gasteiger partial charge is 0.437 e. The Morgan fingerprint density at radius 3 is 2.80 bits per heavy atom. The van der Waals surface area contributed by atoms with E-state index in [0.29, 0.717) is 17.2 Å². The molecule has 0 saturated heterocycles. The Hall–Kier alpha value is -2.45. The SMILES string of the molecule is N#Cc1cc(Oc2cncc(Br)c2)nc2ccccc12. The van der Waals surface area contributed by atoms with Crippen LogP contribution in [0.25, 0.3) is 10.9 Å². The maximum Gasteiger partial charge on any atom is 0.221 e. The number of halogens is 1. The molecule has 0 fully saturated rings. The van der Waals surface area contributed by atoms with Crippen molar-refractivity contribution in [2.45, 2.75) is 0 Å².